The van der Waals surface area contributed by atoms with Crippen LogP contribution in [0.25, 0.3) is 11.0 Å². The smallest absolute Gasteiger partial charge is 0.260 e. The molecular weight excluding hydrogens is 366 g/mol. The molecule has 0 aliphatic carbocycles. The van der Waals surface area contributed by atoms with Crippen molar-refractivity contribution in [3.8, 4) is 0 Å². The van der Waals surface area contributed by atoms with Gasteiger partial charge in [-0.25, -0.2) is 9.67 Å². The highest BCUT2D eigenvalue weighted by molar-refractivity contribution is 6.15. The molecule has 0 saturated carbocycles. The van der Waals surface area contributed by atoms with Gasteiger partial charge in [-0.05, 0) is 23.8 Å². The van der Waals surface area contributed by atoms with Crippen molar-refractivity contribution in [1.82, 2.24) is 14.8 Å². The van der Waals surface area contributed by atoms with E-state index in [-0.39, 0.29) is 18.4 Å². The number of aromatic nitrogens is 3. The quantitative estimate of drug-likeness (QED) is 0.590. The number of nitrogens with zero attached hydrogens (tertiary/aromatic N) is 4. The topological polar surface area (TPSA) is 80.1 Å². The van der Waals surface area contributed by atoms with Gasteiger partial charge in [-0.2, -0.15) is 5.10 Å². The number of carbonyl (C=O) groups is 2. The molecule has 0 radical (unpaired) electrons. The summed E-state index contributed by atoms with van der Waals surface area (Å²) in [7, 11) is 0. The fourth-order valence-corrected chi connectivity index (χ4v) is 3.53. The van der Waals surface area contributed by atoms with Gasteiger partial charge in [0.1, 0.15) is 6.54 Å². The highest BCUT2D eigenvalue weighted by Gasteiger charge is 2.27. The van der Waals surface area contributed by atoms with Crippen LogP contribution in [0.3, 0.4) is 0 Å². The number of hydrogen-bond donors (Lipinski definition) is 1. The minimum absolute atomic E-state index is 0.0266. The summed E-state index contributed by atoms with van der Waals surface area (Å²) in [4.78, 5) is 31.1. The zero-order valence-electron chi connectivity index (χ0n) is 15.4. The Kier molecular flexibility index (Phi) is 4.05. The van der Waals surface area contributed by atoms with Crippen molar-refractivity contribution in [2.75, 3.05) is 16.8 Å². The van der Waals surface area contributed by atoms with Crippen LogP contribution in [0.5, 0.6) is 0 Å². The SMILES string of the molecule is O=C1CN(C(=O)c2cnc3c(cnn3Cc3ccccc3)c2)c2ccccc2N1. The lowest BCUT2D eigenvalue weighted by atomic mass is 10.1. The Morgan fingerprint density at radius 2 is 1.83 bits per heavy atom. The molecule has 1 N–H and O–H groups in total. The van der Waals surface area contributed by atoms with E-state index >= 15 is 0 Å². The average Bonchev–Trinajstić information content (AvgIpc) is 3.15. The fourth-order valence-electron chi connectivity index (χ4n) is 3.53. The molecule has 0 bridgehead atoms. The van der Waals surface area contributed by atoms with Crippen molar-refractivity contribution in [2.45, 2.75) is 6.54 Å². The summed E-state index contributed by atoms with van der Waals surface area (Å²) in [6, 6.07) is 19.0. The first-order valence-electron chi connectivity index (χ1n) is 9.25. The number of nitrogens with one attached hydrogen (secondary N) is 1. The van der Waals surface area contributed by atoms with Crippen molar-refractivity contribution < 1.29 is 9.59 Å². The third-order valence-corrected chi connectivity index (χ3v) is 4.91. The molecule has 2 aromatic carbocycles. The van der Waals surface area contributed by atoms with Gasteiger partial charge in [-0.3, -0.25) is 14.5 Å². The Morgan fingerprint density at radius 3 is 2.69 bits per heavy atom. The molecule has 0 atom stereocenters. The van der Waals surface area contributed by atoms with Crippen LogP contribution in [0.1, 0.15) is 15.9 Å². The molecule has 7 heteroatoms. The van der Waals surface area contributed by atoms with Gasteiger partial charge in [0.25, 0.3) is 5.91 Å². The summed E-state index contributed by atoms with van der Waals surface area (Å²) < 4.78 is 1.81. The van der Waals surface area contributed by atoms with Gasteiger partial charge in [0.05, 0.1) is 29.7 Å². The second kappa shape index (κ2) is 6.87. The van der Waals surface area contributed by atoms with Crippen LogP contribution >= 0.6 is 0 Å². The average molecular weight is 383 g/mol. The molecule has 5 rings (SSSR count). The minimum Gasteiger partial charge on any atom is -0.323 e. The van der Waals surface area contributed by atoms with E-state index in [4.69, 9.17) is 0 Å². The first-order chi connectivity index (χ1) is 14.2. The van der Waals surface area contributed by atoms with Gasteiger partial charge in [-0.15, -0.1) is 0 Å². The maximum atomic E-state index is 13.1. The maximum Gasteiger partial charge on any atom is 0.260 e. The predicted molar refractivity (Wildman–Crippen MR) is 110 cm³/mol. The van der Waals surface area contributed by atoms with Crippen LogP contribution in [-0.2, 0) is 11.3 Å². The summed E-state index contributed by atoms with van der Waals surface area (Å²) in [6.45, 7) is 0.575. The van der Waals surface area contributed by atoms with Gasteiger partial charge in [0.2, 0.25) is 5.91 Å². The van der Waals surface area contributed by atoms with Crippen molar-refractivity contribution >= 4 is 34.2 Å². The highest BCUT2D eigenvalue weighted by atomic mass is 16.2. The Labute approximate surface area is 166 Å². The molecule has 2 amide bonds. The maximum absolute atomic E-state index is 13.1. The Balaban J connectivity index is 1.47. The number of fused-ring (bicyclic) bond motifs is 2. The summed E-state index contributed by atoms with van der Waals surface area (Å²) in [5.41, 5.74) is 3.55. The number of rotatable bonds is 3. The van der Waals surface area contributed by atoms with Gasteiger partial charge in [0.15, 0.2) is 5.65 Å². The summed E-state index contributed by atoms with van der Waals surface area (Å²) in [6.07, 6.45) is 3.25. The summed E-state index contributed by atoms with van der Waals surface area (Å²) in [5.74, 6) is -0.487. The third kappa shape index (κ3) is 3.12. The minimum atomic E-state index is -0.266. The largest absolute Gasteiger partial charge is 0.323 e. The Bertz CT molecular complexity index is 1230. The molecule has 1 aliphatic heterocycles. The van der Waals surface area contributed by atoms with Crippen LogP contribution in [0.4, 0.5) is 11.4 Å². The molecular formula is C22H17N5O2. The van der Waals surface area contributed by atoms with Crippen LogP contribution in [-0.4, -0.2) is 33.1 Å². The monoisotopic (exact) mass is 383 g/mol. The van der Waals surface area contributed by atoms with Crippen LogP contribution in [0, 0.1) is 0 Å². The summed E-state index contributed by atoms with van der Waals surface area (Å²) in [5, 5.41) is 7.99. The van der Waals surface area contributed by atoms with E-state index in [1.54, 1.807) is 24.5 Å². The van der Waals surface area contributed by atoms with Crippen molar-refractivity contribution in [1.29, 1.82) is 0 Å². The molecule has 142 valence electrons. The standard InChI is InChI=1S/C22H17N5O2/c28-20-14-26(19-9-5-4-8-18(19)25-20)22(29)17-10-16-12-24-27(21(16)23-11-17)13-15-6-2-1-3-7-15/h1-12H,13-14H2,(H,25,28). The molecule has 1 aliphatic rings. The van der Waals surface area contributed by atoms with Gasteiger partial charge in [-0.1, -0.05) is 42.5 Å². The number of anilines is 2. The van der Waals surface area contributed by atoms with Crippen molar-refractivity contribution in [3.05, 3.63) is 84.2 Å². The molecule has 2 aromatic heterocycles. The first-order valence-corrected chi connectivity index (χ1v) is 9.25. The number of hydrogen-bond acceptors (Lipinski definition) is 4. The molecule has 7 nitrogen and oxygen atoms in total. The van der Waals surface area contributed by atoms with Gasteiger partial charge < -0.3 is 5.32 Å². The molecule has 3 heterocycles. The first kappa shape index (κ1) is 17.1. The highest BCUT2D eigenvalue weighted by Crippen LogP contribution is 2.30. The van der Waals surface area contributed by atoms with E-state index in [0.29, 0.717) is 29.1 Å². The third-order valence-electron chi connectivity index (χ3n) is 4.91. The number of amides is 2. The normalized spacial score (nSPS) is 13.2. The Morgan fingerprint density at radius 1 is 1.03 bits per heavy atom. The second-order valence-electron chi connectivity index (χ2n) is 6.88. The van der Waals surface area contributed by atoms with E-state index in [9.17, 15) is 9.59 Å². The zero-order chi connectivity index (χ0) is 19.8. The van der Waals surface area contributed by atoms with Crippen LogP contribution in [0.2, 0.25) is 0 Å². The van der Waals surface area contributed by atoms with E-state index in [2.05, 4.69) is 15.4 Å². The second-order valence-corrected chi connectivity index (χ2v) is 6.88. The van der Waals surface area contributed by atoms with E-state index < -0.39 is 0 Å². The number of para-hydroxylation sites is 2. The molecule has 0 spiro atoms. The lowest BCUT2D eigenvalue weighted by Crippen LogP contribution is -2.42. The van der Waals surface area contributed by atoms with Gasteiger partial charge >= 0.3 is 0 Å². The van der Waals surface area contributed by atoms with E-state index in [0.717, 1.165) is 10.9 Å². The number of carbonyl (C=O) groups excluding carboxylic acids is 2. The molecule has 0 fully saturated rings. The van der Waals surface area contributed by atoms with E-state index in [1.165, 1.54) is 4.90 Å². The fraction of sp³-hybridized carbons (Fsp3) is 0.0909. The summed E-state index contributed by atoms with van der Waals surface area (Å²) >= 11 is 0. The number of benzene rings is 2. The molecule has 0 saturated heterocycles. The Hall–Kier alpha value is -4.00. The predicted octanol–water partition coefficient (Wildman–Crippen LogP) is 3.08. The van der Waals surface area contributed by atoms with E-state index in [1.807, 2.05) is 53.2 Å². The molecule has 29 heavy (non-hydrogen) atoms. The zero-order valence-corrected chi connectivity index (χ0v) is 15.4. The van der Waals surface area contributed by atoms with Crippen molar-refractivity contribution in [3.63, 3.8) is 0 Å². The number of pyridine rings is 1. The van der Waals surface area contributed by atoms with Crippen LogP contribution in [0.15, 0.2) is 73.1 Å². The van der Waals surface area contributed by atoms with Crippen LogP contribution < -0.4 is 10.2 Å². The molecule has 4 aromatic rings. The van der Waals surface area contributed by atoms with Gasteiger partial charge in [0, 0.05) is 11.6 Å². The molecule has 0 unspecified atom stereocenters. The lowest BCUT2D eigenvalue weighted by Gasteiger charge is -2.29. The lowest BCUT2D eigenvalue weighted by molar-refractivity contribution is -0.115. The van der Waals surface area contributed by atoms with Crippen molar-refractivity contribution in [2.24, 2.45) is 0 Å².